The van der Waals surface area contributed by atoms with Crippen molar-refractivity contribution in [3.05, 3.63) is 28.8 Å². The van der Waals surface area contributed by atoms with E-state index in [-0.39, 0.29) is 6.17 Å². The van der Waals surface area contributed by atoms with Gasteiger partial charge in [0.2, 0.25) is 0 Å². The van der Waals surface area contributed by atoms with Crippen LogP contribution >= 0.6 is 11.6 Å². The number of nitrogens with one attached hydrogen (secondary N) is 2. The summed E-state index contributed by atoms with van der Waals surface area (Å²) >= 11 is 6.05. The lowest BCUT2D eigenvalue weighted by atomic mass is 10.1. The van der Waals surface area contributed by atoms with E-state index < -0.39 is 0 Å². The number of hydrogen-bond donors (Lipinski definition) is 3. The van der Waals surface area contributed by atoms with Gasteiger partial charge in [0.25, 0.3) is 0 Å². The first-order chi connectivity index (χ1) is 6.27. The Morgan fingerprint density at radius 3 is 2.62 bits per heavy atom. The van der Waals surface area contributed by atoms with Gasteiger partial charge in [-0.3, -0.25) is 10.6 Å². The van der Waals surface area contributed by atoms with Gasteiger partial charge in [0.1, 0.15) is 0 Å². The fourth-order valence-corrected chi connectivity index (χ4v) is 1.80. The van der Waals surface area contributed by atoms with Gasteiger partial charge >= 0.3 is 0 Å². The number of anilines is 1. The number of hydrogen-bond acceptors (Lipinski definition) is 3. The van der Waals surface area contributed by atoms with Gasteiger partial charge in [-0.1, -0.05) is 17.7 Å². The zero-order valence-electron chi connectivity index (χ0n) is 7.18. The highest BCUT2D eigenvalue weighted by Crippen LogP contribution is 2.24. The molecule has 13 heavy (non-hydrogen) atoms. The van der Waals surface area contributed by atoms with Crippen molar-refractivity contribution in [1.29, 1.82) is 0 Å². The van der Waals surface area contributed by atoms with E-state index in [0.717, 1.165) is 18.7 Å². The molecule has 1 fully saturated rings. The number of benzene rings is 1. The van der Waals surface area contributed by atoms with Crippen LogP contribution in [0.25, 0.3) is 0 Å². The van der Waals surface area contributed by atoms with Gasteiger partial charge in [0.15, 0.2) is 0 Å². The third kappa shape index (κ3) is 1.77. The summed E-state index contributed by atoms with van der Waals surface area (Å²) in [6.07, 6.45) is 0.174. The van der Waals surface area contributed by atoms with Crippen molar-refractivity contribution >= 4 is 17.3 Å². The molecule has 70 valence electrons. The normalized spacial score (nSPS) is 17.9. The predicted molar refractivity (Wildman–Crippen MR) is 54.6 cm³/mol. The third-order valence-electron chi connectivity index (χ3n) is 2.16. The highest BCUT2D eigenvalue weighted by Gasteiger charge is 2.17. The van der Waals surface area contributed by atoms with Crippen LogP contribution in [0.15, 0.2) is 18.2 Å². The van der Waals surface area contributed by atoms with E-state index in [1.165, 1.54) is 0 Å². The fourth-order valence-electron chi connectivity index (χ4n) is 1.50. The Morgan fingerprint density at radius 2 is 2.00 bits per heavy atom. The van der Waals surface area contributed by atoms with Crippen LogP contribution in [0, 0.1) is 0 Å². The lowest BCUT2D eigenvalue weighted by Crippen LogP contribution is -2.21. The van der Waals surface area contributed by atoms with Crippen molar-refractivity contribution in [3.8, 4) is 0 Å². The third-order valence-corrected chi connectivity index (χ3v) is 2.48. The number of halogens is 1. The summed E-state index contributed by atoms with van der Waals surface area (Å²) in [6.45, 7) is 1.96. The van der Waals surface area contributed by atoms with E-state index >= 15 is 0 Å². The maximum Gasteiger partial charge on any atom is 0.0850 e. The highest BCUT2D eigenvalue weighted by molar-refractivity contribution is 6.31. The Hall–Kier alpha value is -0.770. The summed E-state index contributed by atoms with van der Waals surface area (Å²) < 4.78 is 0. The maximum atomic E-state index is 6.05. The van der Waals surface area contributed by atoms with Crippen molar-refractivity contribution in [2.24, 2.45) is 0 Å². The molecule has 1 aliphatic heterocycles. The molecule has 0 unspecified atom stereocenters. The lowest BCUT2D eigenvalue weighted by Gasteiger charge is -2.13. The Bertz CT molecular complexity index is 308. The van der Waals surface area contributed by atoms with Gasteiger partial charge in [-0.2, -0.15) is 0 Å². The molecular weight excluding hydrogens is 186 g/mol. The summed E-state index contributed by atoms with van der Waals surface area (Å²) in [7, 11) is 0. The lowest BCUT2D eigenvalue weighted by molar-refractivity contribution is 0.588. The smallest absolute Gasteiger partial charge is 0.0850 e. The molecule has 1 saturated heterocycles. The molecule has 0 saturated carbocycles. The van der Waals surface area contributed by atoms with Crippen molar-refractivity contribution in [2.45, 2.75) is 6.17 Å². The molecule has 1 aromatic carbocycles. The molecule has 0 spiro atoms. The second kappa shape index (κ2) is 3.54. The minimum absolute atomic E-state index is 0.174. The molecule has 1 heterocycles. The van der Waals surface area contributed by atoms with E-state index in [4.69, 9.17) is 17.3 Å². The number of rotatable bonds is 1. The molecule has 0 amide bonds. The van der Waals surface area contributed by atoms with Gasteiger partial charge in [0, 0.05) is 29.4 Å². The van der Waals surface area contributed by atoms with E-state index in [9.17, 15) is 0 Å². The fraction of sp³-hybridized carbons (Fsp3) is 0.333. The highest BCUT2D eigenvalue weighted by atomic mass is 35.5. The van der Waals surface area contributed by atoms with Crippen LogP contribution in [0.3, 0.4) is 0 Å². The first-order valence-corrected chi connectivity index (χ1v) is 4.67. The Balaban J connectivity index is 2.29. The summed E-state index contributed by atoms with van der Waals surface area (Å²) in [5.74, 6) is 0. The minimum Gasteiger partial charge on any atom is -0.399 e. The van der Waals surface area contributed by atoms with Crippen LogP contribution in [0.4, 0.5) is 5.69 Å². The topological polar surface area (TPSA) is 50.1 Å². The quantitative estimate of drug-likeness (QED) is 0.592. The first kappa shape index (κ1) is 8.81. The van der Waals surface area contributed by atoms with Crippen LogP contribution < -0.4 is 16.4 Å². The van der Waals surface area contributed by atoms with Gasteiger partial charge in [-0.15, -0.1) is 0 Å². The van der Waals surface area contributed by atoms with Crippen LogP contribution in [-0.4, -0.2) is 13.1 Å². The number of nitrogen functional groups attached to an aromatic ring is 1. The minimum atomic E-state index is 0.174. The van der Waals surface area contributed by atoms with Crippen LogP contribution in [-0.2, 0) is 0 Å². The zero-order valence-corrected chi connectivity index (χ0v) is 7.93. The molecule has 1 aromatic rings. The molecule has 0 bridgehead atoms. The Kier molecular flexibility index (Phi) is 2.40. The molecule has 3 nitrogen and oxygen atoms in total. The Labute approximate surface area is 82.3 Å². The van der Waals surface area contributed by atoms with Gasteiger partial charge in [-0.25, -0.2) is 0 Å². The summed E-state index contributed by atoms with van der Waals surface area (Å²) in [5.41, 5.74) is 7.36. The van der Waals surface area contributed by atoms with Crippen LogP contribution in [0.2, 0.25) is 5.02 Å². The predicted octanol–water partition coefficient (Wildman–Crippen LogP) is 1.11. The second-order valence-electron chi connectivity index (χ2n) is 3.12. The van der Waals surface area contributed by atoms with Crippen LogP contribution in [0.5, 0.6) is 0 Å². The molecule has 0 aromatic heterocycles. The molecule has 1 aliphatic rings. The molecular formula is C9H12ClN3. The van der Waals surface area contributed by atoms with Crippen molar-refractivity contribution in [3.63, 3.8) is 0 Å². The summed E-state index contributed by atoms with van der Waals surface area (Å²) in [4.78, 5) is 0. The molecule has 4 heteroatoms. The monoisotopic (exact) mass is 197 g/mol. The van der Waals surface area contributed by atoms with Crippen molar-refractivity contribution in [1.82, 2.24) is 10.6 Å². The average Bonchev–Trinajstić information content (AvgIpc) is 2.56. The molecule has 0 aliphatic carbocycles. The van der Waals surface area contributed by atoms with E-state index in [0.29, 0.717) is 10.7 Å². The van der Waals surface area contributed by atoms with Crippen LogP contribution in [0.1, 0.15) is 11.7 Å². The second-order valence-corrected chi connectivity index (χ2v) is 3.53. The van der Waals surface area contributed by atoms with Gasteiger partial charge in [0.05, 0.1) is 6.17 Å². The molecule has 2 rings (SSSR count). The molecule has 0 radical (unpaired) electrons. The van der Waals surface area contributed by atoms with Crippen molar-refractivity contribution in [2.75, 3.05) is 18.8 Å². The van der Waals surface area contributed by atoms with Gasteiger partial charge in [-0.05, 0) is 12.1 Å². The van der Waals surface area contributed by atoms with Crippen molar-refractivity contribution < 1.29 is 0 Å². The summed E-state index contributed by atoms with van der Waals surface area (Å²) in [6, 6.07) is 5.59. The standard InChI is InChI=1S/C9H12ClN3/c10-8-5-6(11)1-2-7(8)9-12-3-4-13-9/h1-2,5,9,12-13H,3-4,11H2. The maximum absolute atomic E-state index is 6.05. The Morgan fingerprint density at radius 1 is 1.31 bits per heavy atom. The molecule has 4 N–H and O–H groups in total. The van der Waals surface area contributed by atoms with E-state index in [1.54, 1.807) is 6.07 Å². The van der Waals surface area contributed by atoms with E-state index in [2.05, 4.69) is 10.6 Å². The van der Waals surface area contributed by atoms with Gasteiger partial charge < -0.3 is 5.73 Å². The first-order valence-electron chi connectivity index (χ1n) is 4.29. The average molecular weight is 198 g/mol. The summed E-state index contributed by atoms with van der Waals surface area (Å²) in [5, 5.41) is 7.31. The zero-order chi connectivity index (χ0) is 9.26. The molecule has 0 atom stereocenters. The SMILES string of the molecule is Nc1ccc(C2NCCN2)c(Cl)c1. The van der Waals surface area contributed by atoms with E-state index in [1.807, 2.05) is 12.1 Å². The largest absolute Gasteiger partial charge is 0.399 e. The number of nitrogens with two attached hydrogens (primary N) is 1.